The van der Waals surface area contributed by atoms with Crippen LogP contribution in [0.5, 0.6) is 0 Å². The van der Waals surface area contributed by atoms with Gasteiger partial charge in [0.25, 0.3) is 0 Å². The Kier molecular flexibility index (Phi) is 3.38. The number of hydrogen-bond acceptors (Lipinski definition) is 2. The Morgan fingerprint density at radius 2 is 1.60 bits per heavy atom. The van der Waals surface area contributed by atoms with Gasteiger partial charge in [-0.05, 0) is 101 Å². The van der Waals surface area contributed by atoms with Crippen molar-refractivity contribution in [1.29, 1.82) is 0 Å². The molecule has 2 atom stereocenters. The lowest BCUT2D eigenvalue weighted by molar-refractivity contribution is -0.0632. The molecule has 5 fully saturated rings. The van der Waals surface area contributed by atoms with Crippen molar-refractivity contribution in [2.24, 2.45) is 28.9 Å². The predicted molar refractivity (Wildman–Crippen MR) is 83.5 cm³/mol. The lowest BCUT2D eigenvalue weighted by Gasteiger charge is -2.57. The van der Waals surface area contributed by atoms with Gasteiger partial charge in [0.05, 0.1) is 0 Å². The molecule has 5 rings (SSSR count). The fraction of sp³-hybridized carbons (Fsp3) is 1.00. The van der Waals surface area contributed by atoms with Gasteiger partial charge in [-0.25, -0.2) is 0 Å². The maximum absolute atomic E-state index is 6.10. The van der Waals surface area contributed by atoms with Crippen LogP contribution in [0.25, 0.3) is 0 Å². The Balaban J connectivity index is 1.37. The average molecular weight is 276 g/mol. The normalized spacial score (nSPS) is 51.6. The van der Waals surface area contributed by atoms with E-state index in [4.69, 9.17) is 5.73 Å². The van der Waals surface area contributed by atoms with Gasteiger partial charge in [0.15, 0.2) is 0 Å². The van der Waals surface area contributed by atoms with Gasteiger partial charge in [0, 0.05) is 12.1 Å². The molecule has 0 aromatic rings. The second-order valence-electron chi connectivity index (χ2n) is 8.84. The quantitative estimate of drug-likeness (QED) is 0.856. The molecule has 0 aromatic carbocycles. The van der Waals surface area contributed by atoms with Crippen LogP contribution in [-0.2, 0) is 0 Å². The van der Waals surface area contributed by atoms with Crippen molar-refractivity contribution in [3.8, 4) is 0 Å². The van der Waals surface area contributed by atoms with Crippen molar-refractivity contribution in [2.45, 2.75) is 76.8 Å². The van der Waals surface area contributed by atoms with Crippen molar-refractivity contribution < 1.29 is 0 Å². The van der Waals surface area contributed by atoms with E-state index >= 15 is 0 Å². The van der Waals surface area contributed by atoms with E-state index in [1.807, 2.05) is 0 Å². The molecule has 0 aromatic heterocycles. The maximum atomic E-state index is 6.10. The van der Waals surface area contributed by atoms with E-state index in [9.17, 15) is 0 Å². The summed E-state index contributed by atoms with van der Waals surface area (Å²) in [5.74, 6) is 3.32. The zero-order valence-corrected chi connectivity index (χ0v) is 13.2. The van der Waals surface area contributed by atoms with Crippen LogP contribution in [-0.4, -0.2) is 30.1 Å². The van der Waals surface area contributed by atoms with Gasteiger partial charge in [-0.3, -0.25) is 0 Å². The zero-order valence-electron chi connectivity index (χ0n) is 13.2. The Labute approximate surface area is 124 Å². The number of rotatable bonds is 3. The molecule has 4 bridgehead atoms. The minimum Gasteiger partial charge on any atom is -0.328 e. The monoisotopic (exact) mass is 276 g/mol. The number of hydrogen-bond donors (Lipinski definition) is 1. The molecule has 0 radical (unpaired) electrons. The van der Waals surface area contributed by atoms with E-state index in [2.05, 4.69) is 11.8 Å². The van der Waals surface area contributed by atoms with Crippen LogP contribution in [0.3, 0.4) is 0 Å². The van der Waals surface area contributed by atoms with Crippen LogP contribution >= 0.6 is 0 Å². The van der Waals surface area contributed by atoms with Gasteiger partial charge in [-0.2, -0.15) is 0 Å². The van der Waals surface area contributed by atoms with Crippen LogP contribution in [0, 0.1) is 23.2 Å². The third kappa shape index (κ3) is 2.43. The minimum absolute atomic E-state index is 0.459. The Morgan fingerprint density at radius 3 is 2.15 bits per heavy atom. The summed E-state index contributed by atoms with van der Waals surface area (Å²) in [6.07, 6.45) is 13.3. The Hall–Kier alpha value is -0.0800. The summed E-state index contributed by atoms with van der Waals surface area (Å²) in [4.78, 5) is 2.74. The van der Waals surface area contributed by atoms with E-state index in [1.165, 1.54) is 32.4 Å². The van der Waals surface area contributed by atoms with Gasteiger partial charge in [0.2, 0.25) is 0 Å². The highest BCUT2D eigenvalue weighted by atomic mass is 15.2. The topological polar surface area (TPSA) is 29.3 Å². The first-order valence-electron chi connectivity index (χ1n) is 9.11. The SMILES string of the molecule is CC1CC(N)CCN1CCC12CC3CC(CC(C3)C1)C2. The van der Waals surface area contributed by atoms with E-state index in [-0.39, 0.29) is 0 Å². The molecule has 0 spiro atoms. The highest BCUT2D eigenvalue weighted by Crippen LogP contribution is 2.61. The number of piperidine rings is 1. The number of nitrogens with zero attached hydrogens (tertiary/aromatic N) is 1. The molecule has 1 saturated heterocycles. The standard InChI is InChI=1S/C18H32N2/c1-13-6-17(19)2-4-20(13)5-3-18-10-14-7-15(11-18)9-16(8-14)12-18/h13-17H,2-12,19H2,1H3. The summed E-state index contributed by atoms with van der Waals surface area (Å²) in [6, 6.07) is 1.17. The fourth-order valence-corrected chi connectivity index (χ4v) is 6.57. The molecule has 20 heavy (non-hydrogen) atoms. The van der Waals surface area contributed by atoms with Crippen molar-refractivity contribution in [3.63, 3.8) is 0 Å². The lowest BCUT2D eigenvalue weighted by Crippen LogP contribution is -2.50. The third-order valence-electron chi connectivity index (χ3n) is 7.15. The van der Waals surface area contributed by atoms with Crippen LogP contribution in [0.1, 0.15) is 64.7 Å². The molecular formula is C18H32N2. The van der Waals surface area contributed by atoms with Gasteiger partial charge >= 0.3 is 0 Å². The van der Waals surface area contributed by atoms with E-state index in [0.29, 0.717) is 12.1 Å². The lowest BCUT2D eigenvalue weighted by atomic mass is 9.49. The zero-order chi connectivity index (χ0) is 13.7. The largest absolute Gasteiger partial charge is 0.328 e. The summed E-state index contributed by atoms with van der Waals surface area (Å²) in [6.45, 7) is 4.98. The summed E-state index contributed by atoms with van der Waals surface area (Å²) in [5, 5.41) is 0. The van der Waals surface area contributed by atoms with Gasteiger partial charge < -0.3 is 10.6 Å². The minimum atomic E-state index is 0.459. The van der Waals surface area contributed by atoms with Gasteiger partial charge in [-0.1, -0.05) is 0 Å². The molecule has 114 valence electrons. The highest BCUT2D eigenvalue weighted by molar-refractivity contribution is 5.01. The van der Waals surface area contributed by atoms with E-state index in [0.717, 1.165) is 23.2 Å². The van der Waals surface area contributed by atoms with E-state index in [1.54, 1.807) is 38.5 Å². The first kappa shape index (κ1) is 13.6. The van der Waals surface area contributed by atoms with Gasteiger partial charge in [-0.15, -0.1) is 0 Å². The van der Waals surface area contributed by atoms with E-state index < -0.39 is 0 Å². The molecule has 4 saturated carbocycles. The number of likely N-dealkylation sites (tertiary alicyclic amines) is 1. The second-order valence-corrected chi connectivity index (χ2v) is 8.84. The summed E-state index contributed by atoms with van der Waals surface area (Å²) >= 11 is 0. The average Bonchev–Trinajstić information content (AvgIpc) is 2.36. The summed E-state index contributed by atoms with van der Waals surface area (Å²) in [7, 11) is 0. The molecule has 2 nitrogen and oxygen atoms in total. The molecule has 2 heteroatoms. The van der Waals surface area contributed by atoms with Gasteiger partial charge in [0.1, 0.15) is 0 Å². The fourth-order valence-electron chi connectivity index (χ4n) is 6.57. The van der Waals surface area contributed by atoms with Crippen LogP contribution in [0.15, 0.2) is 0 Å². The molecule has 0 amide bonds. The molecular weight excluding hydrogens is 244 g/mol. The van der Waals surface area contributed by atoms with Crippen molar-refractivity contribution in [3.05, 3.63) is 0 Å². The Bertz CT molecular complexity index is 329. The number of nitrogens with two attached hydrogens (primary N) is 1. The molecule has 2 N–H and O–H groups in total. The summed E-state index contributed by atoms with van der Waals surface area (Å²) in [5.41, 5.74) is 6.86. The van der Waals surface area contributed by atoms with Crippen LogP contribution in [0.2, 0.25) is 0 Å². The molecule has 2 unspecified atom stereocenters. The van der Waals surface area contributed by atoms with Crippen LogP contribution in [0.4, 0.5) is 0 Å². The Morgan fingerprint density at radius 1 is 1.00 bits per heavy atom. The van der Waals surface area contributed by atoms with Crippen LogP contribution < -0.4 is 5.73 Å². The highest BCUT2D eigenvalue weighted by Gasteiger charge is 2.50. The first-order chi connectivity index (χ1) is 9.62. The van der Waals surface area contributed by atoms with Crippen molar-refractivity contribution >= 4 is 0 Å². The second kappa shape index (κ2) is 4.98. The smallest absolute Gasteiger partial charge is 0.00816 e. The molecule has 1 aliphatic heterocycles. The third-order valence-corrected chi connectivity index (χ3v) is 7.15. The first-order valence-corrected chi connectivity index (χ1v) is 9.11. The predicted octanol–water partition coefficient (Wildman–Crippen LogP) is 3.40. The molecule has 1 heterocycles. The molecule has 5 aliphatic rings. The van der Waals surface area contributed by atoms with Crippen molar-refractivity contribution in [1.82, 2.24) is 4.90 Å². The van der Waals surface area contributed by atoms with Crippen molar-refractivity contribution in [2.75, 3.05) is 13.1 Å². The summed E-state index contributed by atoms with van der Waals surface area (Å²) < 4.78 is 0. The molecule has 4 aliphatic carbocycles. The maximum Gasteiger partial charge on any atom is 0.00816 e.